The van der Waals surface area contributed by atoms with Gasteiger partial charge in [0.05, 0.1) is 23.1 Å². The Morgan fingerprint density at radius 1 is 0.892 bits per heavy atom. The van der Waals surface area contributed by atoms with Crippen molar-refractivity contribution in [2.45, 2.75) is 38.6 Å². The standard InChI is InChI=1S/C30H28N4O3/c1-21-15-17-22(18-16-21)26-19-27(34(31-26)28(35)13-8-14-29(36)37)25-20-33(24-11-6-3-7-12-24)32-30(25)23-9-4-2-5-10-23/h2-7,9-12,15-18,20,27H,8,13-14,19H2,1H3,(H,36,37)/t27-/m1/s1. The van der Waals surface area contributed by atoms with Gasteiger partial charge >= 0.3 is 5.97 Å². The molecule has 1 atom stereocenters. The minimum atomic E-state index is -0.912. The first-order valence-corrected chi connectivity index (χ1v) is 12.4. The van der Waals surface area contributed by atoms with E-state index in [9.17, 15) is 9.59 Å². The first-order valence-electron chi connectivity index (χ1n) is 12.4. The summed E-state index contributed by atoms with van der Waals surface area (Å²) in [5, 5.41) is 20.3. The van der Waals surface area contributed by atoms with Crippen molar-refractivity contribution in [3.05, 3.63) is 108 Å². The summed E-state index contributed by atoms with van der Waals surface area (Å²) in [4.78, 5) is 24.4. The van der Waals surface area contributed by atoms with Gasteiger partial charge in [-0.25, -0.2) is 9.69 Å². The number of hydrogen-bond acceptors (Lipinski definition) is 4. The molecule has 4 aromatic rings. The molecule has 2 heterocycles. The van der Waals surface area contributed by atoms with Crippen molar-refractivity contribution in [1.29, 1.82) is 0 Å². The molecule has 0 saturated heterocycles. The van der Waals surface area contributed by atoms with Gasteiger partial charge in [-0.3, -0.25) is 9.59 Å². The van der Waals surface area contributed by atoms with Crippen molar-refractivity contribution in [2.75, 3.05) is 0 Å². The third kappa shape index (κ3) is 5.35. The lowest BCUT2D eigenvalue weighted by atomic mass is 9.96. The molecule has 0 unspecified atom stereocenters. The molecule has 1 aliphatic rings. The van der Waals surface area contributed by atoms with Crippen molar-refractivity contribution in [3.8, 4) is 16.9 Å². The Balaban J connectivity index is 1.56. The Bertz CT molecular complexity index is 1430. The van der Waals surface area contributed by atoms with Crippen molar-refractivity contribution in [3.63, 3.8) is 0 Å². The van der Waals surface area contributed by atoms with Gasteiger partial charge in [-0.2, -0.15) is 10.2 Å². The quantitative estimate of drug-likeness (QED) is 0.338. The molecule has 186 valence electrons. The average molecular weight is 493 g/mol. The molecule has 37 heavy (non-hydrogen) atoms. The fourth-order valence-corrected chi connectivity index (χ4v) is 4.57. The van der Waals surface area contributed by atoms with E-state index in [0.29, 0.717) is 6.42 Å². The largest absolute Gasteiger partial charge is 0.481 e. The number of carbonyl (C=O) groups is 2. The Morgan fingerprint density at radius 2 is 1.57 bits per heavy atom. The SMILES string of the molecule is Cc1ccc(C2=NN(C(=O)CCCC(=O)O)[C@@H](c3cn(-c4ccccc4)nc3-c3ccccc3)C2)cc1. The van der Waals surface area contributed by atoms with Gasteiger partial charge in [0.1, 0.15) is 0 Å². The summed E-state index contributed by atoms with van der Waals surface area (Å²) >= 11 is 0. The summed E-state index contributed by atoms with van der Waals surface area (Å²) in [5.41, 5.74) is 6.50. The number of aromatic nitrogens is 2. The highest BCUT2D eigenvalue weighted by molar-refractivity contribution is 6.03. The molecule has 0 radical (unpaired) electrons. The van der Waals surface area contributed by atoms with Crippen molar-refractivity contribution in [1.82, 2.24) is 14.8 Å². The molecular formula is C30H28N4O3. The van der Waals surface area contributed by atoms with Gasteiger partial charge in [0, 0.05) is 36.6 Å². The topological polar surface area (TPSA) is 87.8 Å². The predicted molar refractivity (Wildman–Crippen MR) is 142 cm³/mol. The molecule has 1 N–H and O–H groups in total. The summed E-state index contributed by atoms with van der Waals surface area (Å²) in [5.74, 6) is -1.11. The lowest BCUT2D eigenvalue weighted by Crippen LogP contribution is -2.27. The van der Waals surface area contributed by atoms with Crippen LogP contribution in [0.25, 0.3) is 16.9 Å². The number of carboxylic acids is 1. The van der Waals surface area contributed by atoms with E-state index in [4.69, 9.17) is 15.3 Å². The first-order chi connectivity index (χ1) is 18.0. The smallest absolute Gasteiger partial charge is 0.303 e. The van der Waals surface area contributed by atoms with Crippen LogP contribution in [0.5, 0.6) is 0 Å². The van der Waals surface area contributed by atoms with Crippen LogP contribution in [0.2, 0.25) is 0 Å². The monoisotopic (exact) mass is 492 g/mol. The van der Waals surface area contributed by atoms with Crippen LogP contribution >= 0.6 is 0 Å². The van der Waals surface area contributed by atoms with Crippen LogP contribution in [0.15, 0.2) is 96.2 Å². The number of hydrogen-bond donors (Lipinski definition) is 1. The number of carboxylic acid groups (broad SMARTS) is 1. The zero-order valence-electron chi connectivity index (χ0n) is 20.6. The van der Waals surface area contributed by atoms with Gasteiger partial charge in [-0.05, 0) is 31.0 Å². The second kappa shape index (κ2) is 10.6. The number of rotatable bonds is 8. The van der Waals surface area contributed by atoms with Crippen LogP contribution in [0, 0.1) is 6.92 Å². The minimum Gasteiger partial charge on any atom is -0.481 e. The highest BCUT2D eigenvalue weighted by Crippen LogP contribution is 2.38. The fourth-order valence-electron chi connectivity index (χ4n) is 4.57. The molecule has 0 aliphatic carbocycles. The zero-order valence-corrected chi connectivity index (χ0v) is 20.6. The second-order valence-corrected chi connectivity index (χ2v) is 9.20. The Hall–Kier alpha value is -4.52. The van der Waals surface area contributed by atoms with E-state index in [-0.39, 0.29) is 31.2 Å². The molecule has 7 heteroatoms. The second-order valence-electron chi connectivity index (χ2n) is 9.20. The Kier molecular flexibility index (Phi) is 6.94. The van der Waals surface area contributed by atoms with Crippen LogP contribution in [0.3, 0.4) is 0 Å². The maximum absolute atomic E-state index is 13.4. The van der Waals surface area contributed by atoms with Crippen LogP contribution in [-0.2, 0) is 9.59 Å². The van der Waals surface area contributed by atoms with Gasteiger partial charge in [0.25, 0.3) is 0 Å². The van der Waals surface area contributed by atoms with Crippen molar-refractivity contribution < 1.29 is 14.7 Å². The van der Waals surface area contributed by atoms with E-state index in [1.165, 1.54) is 5.01 Å². The summed E-state index contributed by atoms with van der Waals surface area (Å²) in [6, 6.07) is 27.5. The lowest BCUT2D eigenvalue weighted by molar-refractivity contribution is -0.137. The van der Waals surface area contributed by atoms with E-state index in [1.807, 2.05) is 103 Å². The maximum atomic E-state index is 13.4. The van der Waals surface area contributed by atoms with Gasteiger partial charge < -0.3 is 5.11 Å². The highest BCUT2D eigenvalue weighted by atomic mass is 16.4. The highest BCUT2D eigenvalue weighted by Gasteiger charge is 2.36. The third-order valence-corrected chi connectivity index (χ3v) is 6.50. The number of nitrogens with zero attached hydrogens (tertiary/aromatic N) is 4. The normalized spacial score (nSPS) is 15.0. The summed E-state index contributed by atoms with van der Waals surface area (Å²) in [7, 11) is 0. The Labute approximate surface area is 215 Å². The molecule has 5 rings (SSSR count). The molecule has 0 bridgehead atoms. The van der Waals surface area contributed by atoms with Gasteiger partial charge in [-0.1, -0.05) is 78.4 Å². The fraction of sp³-hybridized carbons (Fsp3) is 0.200. The molecule has 0 spiro atoms. The minimum absolute atomic E-state index is 0.0556. The summed E-state index contributed by atoms with van der Waals surface area (Å²) in [6.07, 6.45) is 2.84. The molecule has 1 aliphatic heterocycles. The molecule has 7 nitrogen and oxygen atoms in total. The summed E-state index contributed by atoms with van der Waals surface area (Å²) < 4.78 is 1.84. The number of benzene rings is 3. The van der Waals surface area contributed by atoms with Crippen molar-refractivity contribution >= 4 is 17.6 Å². The number of para-hydroxylation sites is 1. The number of carbonyl (C=O) groups excluding carboxylic acids is 1. The van der Waals surface area contributed by atoms with Crippen LogP contribution in [0.4, 0.5) is 0 Å². The van der Waals surface area contributed by atoms with E-state index in [2.05, 4.69) is 0 Å². The Morgan fingerprint density at radius 3 is 2.24 bits per heavy atom. The predicted octanol–water partition coefficient (Wildman–Crippen LogP) is 5.78. The number of amides is 1. The number of hydrazone groups is 1. The maximum Gasteiger partial charge on any atom is 0.303 e. The van der Waals surface area contributed by atoms with Gasteiger partial charge in [-0.15, -0.1) is 0 Å². The van der Waals surface area contributed by atoms with Crippen molar-refractivity contribution in [2.24, 2.45) is 5.10 Å². The van der Waals surface area contributed by atoms with Gasteiger partial charge in [0.2, 0.25) is 5.91 Å². The number of aliphatic carboxylic acids is 1. The molecule has 0 fully saturated rings. The molecule has 1 amide bonds. The van der Waals surface area contributed by atoms with Crippen LogP contribution in [0.1, 0.15) is 48.4 Å². The average Bonchev–Trinajstić information content (AvgIpc) is 3.55. The zero-order chi connectivity index (χ0) is 25.8. The van der Waals surface area contributed by atoms with Crippen LogP contribution in [-0.4, -0.2) is 37.5 Å². The van der Waals surface area contributed by atoms with E-state index < -0.39 is 5.97 Å². The first kappa shape index (κ1) is 24.2. The molecular weight excluding hydrogens is 464 g/mol. The lowest BCUT2D eigenvalue weighted by Gasteiger charge is -2.22. The van der Waals surface area contributed by atoms with E-state index in [1.54, 1.807) is 0 Å². The number of aryl methyl sites for hydroxylation is 1. The molecule has 3 aromatic carbocycles. The van der Waals surface area contributed by atoms with Crippen LogP contribution < -0.4 is 0 Å². The summed E-state index contributed by atoms with van der Waals surface area (Å²) in [6.45, 7) is 2.03. The van der Waals surface area contributed by atoms with E-state index >= 15 is 0 Å². The molecule has 1 aromatic heterocycles. The molecule has 0 saturated carbocycles. The third-order valence-electron chi connectivity index (χ3n) is 6.50. The van der Waals surface area contributed by atoms with Gasteiger partial charge in [0.15, 0.2) is 0 Å². The van der Waals surface area contributed by atoms with E-state index in [0.717, 1.165) is 39.3 Å².